The Morgan fingerprint density at radius 2 is 1.76 bits per heavy atom. The number of carbonyl (C=O) groups is 2. The van der Waals surface area contributed by atoms with Gasteiger partial charge in [-0.05, 0) is 43.2 Å². The smallest absolute Gasteiger partial charge is 0.262 e. The van der Waals surface area contributed by atoms with Crippen molar-refractivity contribution < 1.29 is 22.7 Å². The van der Waals surface area contributed by atoms with Crippen LogP contribution in [0.15, 0.2) is 53.4 Å². The lowest BCUT2D eigenvalue weighted by Crippen LogP contribution is -2.28. The number of amides is 2. The van der Waals surface area contributed by atoms with Gasteiger partial charge >= 0.3 is 0 Å². The topological polar surface area (TPSA) is 105 Å². The van der Waals surface area contributed by atoms with Crippen LogP contribution in [0.2, 0.25) is 0 Å². The van der Waals surface area contributed by atoms with E-state index in [0.29, 0.717) is 30.2 Å². The number of benzene rings is 2. The van der Waals surface area contributed by atoms with Crippen molar-refractivity contribution in [2.45, 2.75) is 24.7 Å². The number of para-hydroxylation sites is 2. The number of ether oxygens (including phenoxy) is 1. The molecule has 2 aromatic rings. The molecule has 0 bridgehead atoms. The fourth-order valence-corrected chi connectivity index (χ4v) is 4.60. The molecule has 0 unspecified atom stereocenters. The number of hydrogen-bond donors (Lipinski definition) is 2. The van der Waals surface area contributed by atoms with E-state index < -0.39 is 15.9 Å². The van der Waals surface area contributed by atoms with Crippen molar-refractivity contribution in [2.75, 3.05) is 30.3 Å². The molecular formula is C20H23N3O5S. The molecule has 1 heterocycles. The molecule has 29 heavy (non-hydrogen) atoms. The molecule has 0 aliphatic carbocycles. The zero-order valence-electron chi connectivity index (χ0n) is 16.1. The first kappa shape index (κ1) is 20.8. The summed E-state index contributed by atoms with van der Waals surface area (Å²) in [5.74, 6) is -0.330. The van der Waals surface area contributed by atoms with Gasteiger partial charge < -0.3 is 15.4 Å². The number of carbonyl (C=O) groups excluding carboxylic acids is 2. The van der Waals surface area contributed by atoms with Crippen LogP contribution in [0.3, 0.4) is 0 Å². The third kappa shape index (κ3) is 5.33. The van der Waals surface area contributed by atoms with Crippen LogP contribution >= 0.6 is 0 Å². The Kier molecular flexibility index (Phi) is 6.50. The third-order valence-electron chi connectivity index (χ3n) is 4.38. The molecule has 2 amide bonds. The third-order valence-corrected chi connectivity index (χ3v) is 6.27. The van der Waals surface area contributed by atoms with Crippen molar-refractivity contribution in [3.8, 4) is 5.75 Å². The molecule has 0 radical (unpaired) electrons. The van der Waals surface area contributed by atoms with Gasteiger partial charge in [-0.15, -0.1) is 0 Å². The minimum atomic E-state index is -3.56. The Balaban J connectivity index is 1.64. The van der Waals surface area contributed by atoms with Crippen LogP contribution in [0.4, 0.5) is 11.4 Å². The highest BCUT2D eigenvalue weighted by Gasteiger charge is 2.27. The van der Waals surface area contributed by atoms with E-state index in [9.17, 15) is 18.0 Å². The van der Waals surface area contributed by atoms with Gasteiger partial charge in [0, 0.05) is 25.7 Å². The monoisotopic (exact) mass is 417 g/mol. The van der Waals surface area contributed by atoms with Gasteiger partial charge in [-0.25, -0.2) is 8.42 Å². The lowest BCUT2D eigenvalue weighted by molar-refractivity contribution is -0.118. The van der Waals surface area contributed by atoms with E-state index in [-0.39, 0.29) is 17.4 Å². The van der Waals surface area contributed by atoms with Crippen molar-refractivity contribution in [2.24, 2.45) is 0 Å². The number of nitrogens with one attached hydrogen (secondary N) is 2. The van der Waals surface area contributed by atoms with Gasteiger partial charge in [0.1, 0.15) is 5.75 Å². The van der Waals surface area contributed by atoms with Crippen molar-refractivity contribution in [3.63, 3.8) is 0 Å². The Bertz CT molecular complexity index is 1000. The van der Waals surface area contributed by atoms with E-state index in [1.54, 1.807) is 36.4 Å². The first-order chi connectivity index (χ1) is 13.9. The lowest BCUT2D eigenvalue weighted by Gasteiger charge is -2.16. The van der Waals surface area contributed by atoms with Crippen LogP contribution in [-0.4, -0.2) is 44.2 Å². The van der Waals surface area contributed by atoms with E-state index in [0.717, 1.165) is 12.8 Å². The summed E-state index contributed by atoms with van der Waals surface area (Å²) in [4.78, 5) is 23.7. The predicted molar refractivity (Wildman–Crippen MR) is 109 cm³/mol. The lowest BCUT2D eigenvalue weighted by atomic mass is 10.3. The highest BCUT2D eigenvalue weighted by molar-refractivity contribution is 7.89. The van der Waals surface area contributed by atoms with Gasteiger partial charge in [-0.1, -0.05) is 18.2 Å². The second-order valence-electron chi connectivity index (χ2n) is 6.65. The summed E-state index contributed by atoms with van der Waals surface area (Å²) >= 11 is 0. The number of rotatable bonds is 7. The van der Waals surface area contributed by atoms with Gasteiger partial charge in [-0.2, -0.15) is 4.31 Å². The fourth-order valence-electron chi connectivity index (χ4n) is 3.04. The maximum atomic E-state index is 12.7. The zero-order valence-corrected chi connectivity index (χ0v) is 16.9. The van der Waals surface area contributed by atoms with E-state index in [2.05, 4.69) is 10.6 Å². The number of nitrogens with zero attached hydrogens (tertiary/aromatic N) is 1. The molecule has 1 aliphatic heterocycles. The molecule has 1 aliphatic rings. The quantitative estimate of drug-likeness (QED) is 0.720. The minimum Gasteiger partial charge on any atom is -0.482 e. The average Bonchev–Trinajstić information content (AvgIpc) is 3.23. The second kappa shape index (κ2) is 9.06. The molecule has 0 aromatic heterocycles. The van der Waals surface area contributed by atoms with Crippen LogP contribution < -0.4 is 15.4 Å². The summed E-state index contributed by atoms with van der Waals surface area (Å²) in [5.41, 5.74) is 0.834. The molecule has 0 atom stereocenters. The van der Waals surface area contributed by atoms with Crippen LogP contribution in [0.25, 0.3) is 0 Å². The number of sulfonamides is 1. The summed E-state index contributed by atoms with van der Waals surface area (Å²) in [6.45, 7) is 2.12. The van der Waals surface area contributed by atoms with E-state index in [1.807, 2.05) is 0 Å². The van der Waals surface area contributed by atoms with Crippen LogP contribution in [0.5, 0.6) is 5.75 Å². The summed E-state index contributed by atoms with van der Waals surface area (Å²) < 4.78 is 32.3. The molecule has 0 spiro atoms. The standard InChI is InChI=1S/C20H23N3O5S/c1-15(24)21-18-9-2-3-10-19(18)28-14-20(25)22-16-7-6-8-17(13-16)29(26,27)23-11-4-5-12-23/h2-3,6-10,13H,4-5,11-12,14H2,1H3,(H,21,24)(H,22,25). The van der Waals surface area contributed by atoms with Crippen molar-refractivity contribution in [1.82, 2.24) is 4.31 Å². The fraction of sp³-hybridized carbons (Fsp3) is 0.300. The number of hydrogen-bond acceptors (Lipinski definition) is 5. The van der Waals surface area contributed by atoms with Crippen molar-refractivity contribution >= 4 is 33.2 Å². The van der Waals surface area contributed by atoms with Gasteiger partial charge in [-0.3, -0.25) is 9.59 Å². The normalized spacial score (nSPS) is 14.4. The van der Waals surface area contributed by atoms with Crippen LogP contribution in [0.1, 0.15) is 19.8 Å². The highest BCUT2D eigenvalue weighted by atomic mass is 32.2. The van der Waals surface area contributed by atoms with Gasteiger partial charge in [0.15, 0.2) is 6.61 Å². The van der Waals surface area contributed by atoms with Gasteiger partial charge in [0.25, 0.3) is 5.91 Å². The molecule has 2 aromatic carbocycles. The Labute approximate surface area is 169 Å². The highest BCUT2D eigenvalue weighted by Crippen LogP contribution is 2.25. The van der Waals surface area contributed by atoms with Crippen molar-refractivity contribution in [1.29, 1.82) is 0 Å². The maximum Gasteiger partial charge on any atom is 0.262 e. The molecule has 3 rings (SSSR count). The number of anilines is 2. The molecule has 154 valence electrons. The molecular weight excluding hydrogens is 394 g/mol. The van der Waals surface area contributed by atoms with Gasteiger partial charge in [0.05, 0.1) is 10.6 Å². The second-order valence-corrected chi connectivity index (χ2v) is 8.59. The zero-order chi connectivity index (χ0) is 20.9. The Morgan fingerprint density at radius 1 is 1.03 bits per heavy atom. The Hall–Kier alpha value is -2.91. The first-order valence-corrected chi connectivity index (χ1v) is 10.7. The molecule has 1 saturated heterocycles. The van der Waals surface area contributed by atoms with Gasteiger partial charge in [0.2, 0.25) is 15.9 Å². The van der Waals surface area contributed by atoms with Crippen LogP contribution in [-0.2, 0) is 19.6 Å². The van der Waals surface area contributed by atoms with Crippen molar-refractivity contribution in [3.05, 3.63) is 48.5 Å². The van der Waals surface area contributed by atoms with E-state index in [4.69, 9.17) is 4.74 Å². The molecule has 0 saturated carbocycles. The summed E-state index contributed by atoms with van der Waals surface area (Å²) in [6.07, 6.45) is 1.71. The molecule has 1 fully saturated rings. The Morgan fingerprint density at radius 3 is 2.48 bits per heavy atom. The molecule has 8 nitrogen and oxygen atoms in total. The minimum absolute atomic E-state index is 0.147. The largest absolute Gasteiger partial charge is 0.482 e. The first-order valence-electron chi connectivity index (χ1n) is 9.26. The molecule has 2 N–H and O–H groups in total. The summed E-state index contributed by atoms with van der Waals surface area (Å²) in [7, 11) is -3.56. The van der Waals surface area contributed by atoms with E-state index >= 15 is 0 Å². The molecule has 9 heteroatoms. The maximum absolute atomic E-state index is 12.7. The average molecular weight is 417 g/mol. The van der Waals surface area contributed by atoms with Crippen LogP contribution in [0, 0.1) is 0 Å². The summed E-state index contributed by atoms with van der Waals surface area (Å²) in [6, 6.07) is 12.9. The van der Waals surface area contributed by atoms with E-state index in [1.165, 1.54) is 23.4 Å². The predicted octanol–water partition coefficient (Wildman–Crippen LogP) is 2.45. The summed E-state index contributed by atoms with van der Waals surface area (Å²) in [5, 5.41) is 5.27. The SMILES string of the molecule is CC(=O)Nc1ccccc1OCC(=O)Nc1cccc(S(=O)(=O)N2CCCC2)c1.